The fourth-order valence-corrected chi connectivity index (χ4v) is 3.55. The minimum absolute atomic E-state index is 0.000365. The Labute approximate surface area is 140 Å². The van der Waals surface area contributed by atoms with Gasteiger partial charge in [-0.3, -0.25) is 4.79 Å². The zero-order valence-corrected chi connectivity index (χ0v) is 13.8. The molecule has 1 atom stereocenters. The van der Waals surface area contributed by atoms with E-state index in [1.54, 1.807) is 12.3 Å². The van der Waals surface area contributed by atoms with Gasteiger partial charge >= 0.3 is 0 Å². The van der Waals surface area contributed by atoms with Gasteiger partial charge in [-0.15, -0.1) is 0 Å². The zero-order valence-electron chi connectivity index (χ0n) is 12.3. The number of halogens is 2. The van der Waals surface area contributed by atoms with E-state index in [0.29, 0.717) is 48.7 Å². The first-order valence-electron chi connectivity index (χ1n) is 7.57. The smallest absolute Gasteiger partial charge is 0.227 e. The number of anilines is 1. The molecule has 0 saturated carbocycles. The Morgan fingerprint density at radius 1 is 1.27 bits per heavy atom. The lowest BCUT2D eigenvalue weighted by Crippen LogP contribution is -2.48. The lowest BCUT2D eigenvalue weighted by molar-refractivity contribution is -0.139. The largest absolute Gasteiger partial charge is 0.378 e. The molecule has 3 heterocycles. The molecule has 3 rings (SSSR count). The summed E-state index contributed by atoms with van der Waals surface area (Å²) >= 11 is 12.1. The van der Waals surface area contributed by atoms with Crippen molar-refractivity contribution >= 4 is 34.9 Å². The van der Waals surface area contributed by atoms with E-state index in [4.69, 9.17) is 27.9 Å². The van der Waals surface area contributed by atoms with Gasteiger partial charge in [0.05, 0.1) is 29.2 Å². The summed E-state index contributed by atoms with van der Waals surface area (Å²) in [5, 5.41) is 1.05. The molecular formula is C15H19Cl2N3O2. The summed E-state index contributed by atoms with van der Waals surface area (Å²) < 4.78 is 5.31. The van der Waals surface area contributed by atoms with E-state index in [9.17, 15) is 4.79 Å². The molecule has 2 aliphatic rings. The Morgan fingerprint density at radius 3 is 2.77 bits per heavy atom. The van der Waals surface area contributed by atoms with Gasteiger partial charge in [0.1, 0.15) is 5.82 Å². The van der Waals surface area contributed by atoms with Crippen LogP contribution in [0.15, 0.2) is 12.3 Å². The van der Waals surface area contributed by atoms with E-state index < -0.39 is 0 Å². The number of hydrogen-bond donors (Lipinski definition) is 0. The van der Waals surface area contributed by atoms with Gasteiger partial charge in [-0.2, -0.15) is 0 Å². The van der Waals surface area contributed by atoms with Crippen LogP contribution in [0.5, 0.6) is 0 Å². The van der Waals surface area contributed by atoms with Gasteiger partial charge in [0.25, 0.3) is 0 Å². The lowest BCUT2D eigenvalue weighted by atomic mass is 9.96. The summed E-state index contributed by atoms with van der Waals surface area (Å²) in [7, 11) is 0. The van der Waals surface area contributed by atoms with Gasteiger partial charge in [0.2, 0.25) is 5.91 Å². The van der Waals surface area contributed by atoms with Gasteiger partial charge in [0.15, 0.2) is 0 Å². The number of pyridine rings is 1. The molecule has 2 saturated heterocycles. The molecule has 1 unspecified atom stereocenters. The van der Waals surface area contributed by atoms with Gasteiger partial charge in [-0.25, -0.2) is 4.98 Å². The Hall–Kier alpha value is -1.04. The number of carbonyl (C=O) groups is 1. The highest BCUT2D eigenvalue weighted by molar-refractivity contribution is 6.36. The van der Waals surface area contributed by atoms with Crippen LogP contribution in [0.2, 0.25) is 10.0 Å². The van der Waals surface area contributed by atoms with Crippen LogP contribution in [-0.4, -0.2) is 55.2 Å². The van der Waals surface area contributed by atoms with Crippen LogP contribution in [0.4, 0.5) is 5.82 Å². The standard InChI is InChI=1S/C15H19Cl2N3O2/c16-12-8-13(17)14(18-9-12)20-3-1-2-11(10-20)15(21)19-4-6-22-7-5-19/h8-9,11H,1-7,10H2. The molecular weight excluding hydrogens is 325 g/mol. The van der Waals surface area contributed by atoms with Crippen LogP contribution in [-0.2, 0) is 9.53 Å². The average Bonchev–Trinajstić information content (AvgIpc) is 2.55. The molecule has 5 nitrogen and oxygen atoms in total. The summed E-state index contributed by atoms with van der Waals surface area (Å²) in [6.07, 6.45) is 3.47. The Bertz CT molecular complexity index is 550. The molecule has 0 spiro atoms. The van der Waals surface area contributed by atoms with Crippen LogP contribution in [0, 0.1) is 5.92 Å². The number of aromatic nitrogens is 1. The number of hydrogen-bond acceptors (Lipinski definition) is 4. The highest BCUT2D eigenvalue weighted by Crippen LogP contribution is 2.30. The average molecular weight is 344 g/mol. The third-order valence-electron chi connectivity index (χ3n) is 4.18. The van der Waals surface area contributed by atoms with E-state index >= 15 is 0 Å². The van der Waals surface area contributed by atoms with Crippen molar-refractivity contribution in [1.82, 2.24) is 9.88 Å². The first-order chi connectivity index (χ1) is 10.6. The SMILES string of the molecule is O=C(C1CCCN(c2ncc(Cl)cc2Cl)C1)N1CCOCC1. The molecule has 0 N–H and O–H groups in total. The number of ether oxygens (including phenoxy) is 1. The van der Waals surface area contributed by atoms with Crippen molar-refractivity contribution in [3.8, 4) is 0 Å². The molecule has 1 aromatic rings. The first kappa shape index (κ1) is 15.8. The monoisotopic (exact) mass is 343 g/mol. The Kier molecular flexibility index (Phi) is 5.06. The highest BCUT2D eigenvalue weighted by atomic mass is 35.5. The topological polar surface area (TPSA) is 45.7 Å². The molecule has 22 heavy (non-hydrogen) atoms. The lowest BCUT2D eigenvalue weighted by Gasteiger charge is -2.37. The highest BCUT2D eigenvalue weighted by Gasteiger charge is 2.31. The van der Waals surface area contributed by atoms with Crippen molar-refractivity contribution in [2.45, 2.75) is 12.8 Å². The van der Waals surface area contributed by atoms with Crippen LogP contribution in [0.25, 0.3) is 0 Å². The number of carbonyl (C=O) groups excluding carboxylic acids is 1. The van der Waals surface area contributed by atoms with E-state index in [-0.39, 0.29) is 11.8 Å². The number of rotatable bonds is 2. The first-order valence-corrected chi connectivity index (χ1v) is 8.33. The van der Waals surface area contributed by atoms with Crippen molar-refractivity contribution in [3.63, 3.8) is 0 Å². The fraction of sp³-hybridized carbons (Fsp3) is 0.600. The number of morpholine rings is 1. The number of amides is 1. The van der Waals surface area contributed by atoms with Crippen molar-refractivity contribution in [1.29, 1.82) is 0 Å². The number of nitrogens with zero attached hydrogens (tertiary/aromatic N) is 3. The van der Waals surface area contributed by atoms with Crippen LogP contribution in [0.1, 0.15) is 12.8 Å². The summed E-state index contributed by atoms with van der Waals surface area (Å²) in [5.41, 5.74) is 0. The van der Waals surface area contributed by atoms with Gasteiger partial charge in [-0.05, 0) is 18.9 Å². The van der Waals surface area contributed by atoms with Gasteiger partial charge < -0.3 is 14.5 Å². The number of piperidine rings is 1. The van der Waals surface area contributed by atoms with E-state index in [2.05, 4.69) is 9.88 Å². The molecule has 120 valence electrons. The Morgan fingerprint density at radius 2 is 2.05 bits per heavy atom. The van der Waals surface area contributed by atoms with Crippen molar-refractivity contribution in [3.05, 3.63) is 22.3 Å². The molecule has 0 aromatic carbocycles. The van der Waals surface area contributed by atoms with E-state index in [0.717, 1.165) is 19.4 Å². The van der Waals surface area contributed by atoms with Crippen LogP contribution in [0.3, 0.4) is 0 Å². The predicted molar refractivity (Wildman–Crippen MR) is 86.6 cm³/mol. The second-order valence-corrected chi connectivity index (χ2v) is 6.53. The second-order valence-electron chi connectivity index (χ2n) is 5.68. The fourth-order valence-electron chi connectivity index (χ4n) is 3.05. The predicted octanol–water partition coefficient (Wildman–Crippen LogP) is 2.46. The maximum Gasteiger partial charge on any atom is 0.227 e. The molecule has 7 heteroatoms. The normalized spacial score (nSPS) is 22.7. The third-order valence-corrected chi connectivity index (χ3v) is 4.67. The van der Waals surface area contributed by atoms with Gasteiger partial charge in [-0.1, -0.05) is 23.2 Å². The maximum absolute atomic E-state index is 12.6. The summed E-state index contributed by atoms with van der Waals surface area (Å²) in [5.74, 6) is 0.934. The third kappa shape index (κ3) is 3.47. The van der Waals surface area contributed by atoms with Gasteiger partial charge in [0, 0.05) is 32.4 Å². The van der Waals surface area contributed by atoms with Crippen LogP contribution >= 0.6 is 23.2 Å². The maximum atomic E-state index is 12.6. The van der Waals surface area contributed by atoms with Crippen molar-refractivity contribution < 1.29 is 9.53 Å². The molecule has 1 amide bonds. The summed E-state index contributed by atoms with van der Waals surface area (Å²) in [6.45, 7) is 4.16. The molecule has 2 fully saturated rings. The Balaban J connectivity index is 1.69. The van der Waals surface area contributed by atoms with Crippen molar-refractivity contribution in [2.75, 3.05) is 44.3 Å². The summed E-state index contributed by atoms with van der Waals surface area (Å²) in [4.78, 5) is 21.0. The quantitative estimate of drug-likeness (QED) is 0.827. The molecule has 0 bridgehead atoms. The molecule has 1 aromatic heterocycles. The van der Waals surface area contributed by atoms with E-state index in [1.165, 1.54) is 0 Å². The summed E-state index contributed by atoms with van der Waals surface area (Å²) in [6, 6.07) is 1.69. The second kappa shape index (κ2) is 7.02. The molecule has 0 aliphatic carbocycles. The molecule has 2 aliphatic heterocycles. The van der Waals surface area contributed by atoms with Crippen LogP contribution < -0.4 is 4.90 Å². The van der Waals surface area contributed by atoms with E-state index in [1.807, 2.05) is 4.90 Å². The molecule has 0 radical (unpaired) electrons. The minimum atomic E-state index is 0.000365. The minimum Gasteiger partial charge on any atom is -0.378 e. The van der Waals surface area contributed by atoms with Crippen molar-refractivity contribution in [2.24, 2.45) is 5.92 Å². The zero-order chi connectivity index (χ0) is 15.5.